The number of hydrogen-bond donors (Lipinski definition) is 0. The van der Waals surface area contributed by atoms with Gasteiger partial charge in [-0.3, -0.25) is 4.79 Å². The molecule has 0 aliphatic carbocycles. The first-order valence-corrected chi connectivity index (χ1v) is 10.7. The van der Waals surface area contributed by atoms with Crippen LogP contribution in [0.1, 0.15) is 27.9 Å². The molecule has 2 aromatic carbocycles. The highest BCUT2D eigenvalue weighted by atomic mass is 35.5. The number of benzene rings is 2. The molecule has 174 valence electrons. The van der Waals surface area contributed by atoms with E-state index in [4.69, 9.17) is 25.8 Å². The monoisotopic (exact) mass is 463 g/mol. The van der Waals surface area contributed by atoms with Gasteiger partial charge in [0.15, 0.2) is 0 Å². The van der Waals surface area contributed by atoms with E-state index in [2.05, 4.69) is 4.74 Å². The zero-order valence-electron chi connectivity index (χ0n) is 19.0. The van der Waals surface area contributed by atoms with Crippen LogP contribution in [0.4, 0.5) is 0 Å². The third-order valence-corrected chi connectivity index (χ3v) is 5.26. The van der Waals surface area contributed by atoms with Crippen LogP contribution in [0.2, 0.25) is 5.02 Å². The van der Waals surface area contributed by atoms with Crippen LogP contribution >= 0.6 is 11.6 Å². The van der Waals surface area contributed by atoms with E-state index in [1.165, 1.54) is 7.11 Å². The molecule has 0 spiro atoms. The van der Waals surface area contributed by atoms with Crippen molar-refractivity contribution in [2.75, 3.05) is 47.6 Å². The molecule has 0 aliphatic heterocycles. The lowest BCUT2D eigenvalue weighted by molar-refractivity contribution is -0.145. The van der Waals surface area contributed by atoms with Crippen LogP contribution < -0.4 is 9.47 Å². The highest BCUT2D eigenvalue weighted by molar-refractivity contribution is 6.30. The standard InChI is InChI=1S/C24H30ClNO6/c1-17-21(29-2)14-19(15-22(17)30-3)24(28)26(11-12-32-16-23(27)31-4)10-6-8-18-7-5-9-20(25)13-18/h5,7,9,13-15H,6,8,10-12,16H2,1-4H3. The molecule has 0 saturated carbocycles. The van der Waals surface area contributed by atoms with Crippen molar-refractivity contribution < 1.29 is 28.5 Å². The van der Waals surface area contributed by atoms with Gasteiger partial charge in [-0.2, -0.15) is 0 Å². The van der Waals surface area contributed by atoms with Crippen LogP contribution in [0.25, 0.3) is 0 Å². The Bertz CT molecular complexity index is 892. The molecule has 8 heteroatoms. The molecule has 0 fully saturated rings. The van der Waals surface area contributed by atoms with Crippen molar-refractivity contribution >= 4 is 23.5 Å². The lowest BCUT2D eigenvalue weighted by atomic mass is 10.1. The molecule has 0 aliphatic rings. The molecule has 0 heterocycles. The number of carbonyl (C=O) groups excluding carboxylic acids is 2. The smallest absolute Gasteiger partial charge is 0.331 e. The summed E-state index contributed by atoms with van der Waals surface area (Å²) < 4.78 is 20.7. The van der Waals surface area contributed by atoms with E-state index in [1.54, 1.807) is 31.3 Å². The predicted molar refractivity (Wildman–Crippen MR) is 123 cm³/mol. The molecule has 0 aromatic heterocycles. The summed E-state index contributed by atoms with van der Waals surface area (Å²) in [6, 6.07) is 11.1. The van der Waals surface area contributed by atoms with E-state index < -0.39 is 5.97 Å². The van der Waals surface area contributed by atoms with Crippen molar-refractivity contribution in [1.29, 1.82) is 0 Å². The first-order valence-electron chi connectivity index (χ1n) is 10.3. The van der Waals surface area contributed by atoms with E-state index in [0.29, 0.717) is 35.2 Å². The summed E-state index contributed by atoms with van der Waals surface area (Å²) in [4.78, 5) is 26.3. The second kappa shape index (κ2) is 12.9. The van der Waals surface area contributed by atoms with Gasteiger partial charge in [0.05, 0.1) is 27.9 Å². The fourth-order valence-corrected chi connectivity index (χ4v) is 3.48. The molecular weight excluding hydrogens is 434 g/mol. The molecule has 2 aromatic rings. The Balaban J connectivity index is 2.12. The van der Waals surface area contributed by atoms with Crippen molar-refractivity contribution in [3.05, 3.63) is 58.1 Å². The molecule has 0 N–H and O–H groups in total. The van der Waals surface area contributed by atoms with Gasteiger partial charge in [-0.05, 0) is 49.6 Å². The number of nitrogens with zero attached hydrogens (tertiary/aromatic N) is 1. The van der Waals surface area contributed by atoms with Crippen molar-refractivity contribution in [3.8, 4) is 11.5 Å². The van der Waals surface area contributed by atoms with E-state index in [1.807, 2.05) is 31.2 Å². The van der Waals surface area contributed by atoms with Crippen molar-refractivity contribution in [3.63, 3.8) is 0 Å². The predicted octanol–water partition coefficient (Wildman–Crippen LogP) is 3.93. The van der Waals surface area contributed by atoms with Crippen LogP contribution in [0.5, 0.6) is 11.5 Å². The Labute approximate surface area is 194 Å². The maximum Gasteiger partial charge on any atom is 0.331 e. The largest absolute Gasteiger partial charge is 0.496 e. The summed E-state index contributed by atoms with van der Waals surface area (Å²) in [6.45, 7) is 2.75. The number of esters is 1. The maximum absolute atomic E-state index is 13.3. The third-order valence-electron chi connectivity index (χ3n) is 5.02. The Kier molecular flexibility index (Phi) is 10.3. The van der Waals surface area contributed by atoms with Gasteiger partial charge in [-0.1, -0.05) is 23.7 Å². The highest BCUT2D eigenvalue weighted by Gasteiger charge is 2.19. The highest BCUT2D eigenvalue weighted by Crippen LogP contribution is 2.30. The number of hydrogen-bond acceptors (Lipinski definition) is 6. The van der Waals surface area contributed by atoms with Gasteiger partial charge in [0, 0.05) is 29.2 Å². The van der Waals surface area contributed by atoms with Crippen molar-refractivity contribution in [1.82, 2.24) is 4.90 Å². The van der Waals surface area contributed by atoms with Crippen LogP contribution in [0.15, 0.2) is 36.4 Å². The Hall–Kier alpha value is -2.77. The van der Waals surface area contributed by atoms with E-state index in [0.717, 1.165) is 24.0 Å². The normalized spacial score (nSPS) is 10.5. The van der Waals surface area contributed by atoms with Crippen LogP contribution in [0.3, 0.4) is 0 Å². The van der Waals surface area contributed by atoms with Crippen molar-refractivity contribution in [2.24, 2.45) is 0 Å². The molecule has 0 unspecified atom stereocenters. The van der Waals surface area contributed by atoms with Gasteiger partial charge in [0.25, 0.3) is 5.91 Å². The number of methoxy groups -OCH3 is 3. The van der Waals surface area contributed by atoms with Gasteiger partial charge >= 0.3 is 5.97 Å². The minimum Gasteiger partial charge on any atom is -0.496 e. The Morgan fingerprint density at radius 3 is 2.28 bits per heavy atom. The summed E-state index contributed by atoms with van der Waals surface area (Å²) in [7, 11) is 4.41. The quantitative estimate of drug-likeness (QED) is 0.351. The lowest BCUT2D eigenvalue weighted by Gasteiger charge is -2.24. The molecule has 2 rings (SSSR count). The van der Waals surface area contributed by atoms with E-state index in [9.17, 15) is 9.59 Å². The number of halogens is 1. The minimum absolute atomic E-state index is 0.160. The summed E-state index contributed by atoms with van der Waals surface area (Å²) in [5, 5.41) is 0.686. The van der Waals surface area contributed by atoms with Crippen LogP contribution in [-0.2, 0) is 20.7 Å². The third kappa shape index (κ3) is 7.43. The number of carbonyl (C=O) groups is 2. The number of ether oxygens (including phenoxy) is 4. The number of amides is 1. The maximum atomic E-state index is 13.3. The zero-order valence-corrected chi connectivity index (χ0v) is 19.7. The molecule has 0 saturated heterocycles. The molecule has 7 nitrogen and oxygen atoms in total. The van der Waals surface area contributed by atoms with Gasteiger partial charge in [-0.25, -0.2) is 4.79 Å². The first kappa shape index (κ1) is 25.5. The Morgan fingerprint density at radius 1 is 1.00 bits per heavy atom. The summed E-state index contributed by atoms with van der Waals surface area (Å²) >= 11 is 6.07. The van der Waals surface area contributed by atoms with Gasteiger partial charge < -0.3 is 23.8 Å². The lowest BCUT2D eigenvalue weighted by Crippen LogP contribution is -2.35. The van der Waals surface area contributed by atoms with E-state index in [-0.39, 0.29) is 19.1 Å². The van der Waals surface area contributed by atoms with E-state index >= 15 is 0 Å². The van der Waals surface area contributed by atoms with Gasteiger partial charge in [-0.15, -0.1) is 0 Å². The SMILES string of the molecule is COC(=O)COCCN(CCCc1cccc(Cl)c1)C(=O)c1cc(OC)c(C)c(OC)c1. The summed E-state index contributed by atoms with van der Waals surface area (Å²) in [5.74, 6) is 0.522. The average Bonchev–Trinajstić information content (AvgIpc) is 2.80. The van der Waals surface area contributed by atoms with Gasteiger partial charge in [0.2, 0.25) is 0 Å². The minimum atomic E-state index is -0.461. The molecule has 32 heavy (non-hydrogen) atoms. The second-order valence-corrected chi connectivity index (χ2v) is 7.60. The summed E-state index contributed by atoms with van der Waals surface area (Å²) in [5.41, 5.74) is 2.38. The average molecular weight is 464 g/mol. The second-order valence-electron chi connectivity index (χ2n) is 7.16. The topological polar surface area (TPSA) is 74.3 Å². The summed E-state index contributed by atoms with van der Waals surface area (Å²) in [6.07, 6.45) is 1.51. The van der Waals surface area contributed by atoms with Crippen LogP contribution in [-0.4, -0.2) is 64.4 Å². The van der Waals surface area contributed by atoms with Crippen LogP contribution in [0, 0.1) is 6.92 Å². The molecule has 1 amide bonds. The Morgan fingerprint density at radius 2 is 1.69 bits per heavy atom. The zero-order chi connectivity index (χ0) is 23.5. The van der Waals surface area contributed by atoms with Crippen molar-refractivity contribution in [2.45, 2.75) is 19.8 Å². The number of aryl methyl sites for hydroxylation is 1. The molecule has 0 bridgehead atoms. The molecule has 0 atom stereocenters. The molecular formula is C24H30ClNO6. The van der Waals surface area contributed by atoms with Gasteiger partial charge in [0.1, 0.15) is 18.1 Å². The number of rotatable bonds is 12. The first-order chi connectivity index (χ1) is 15.4. The fraction of sp³-hybridized carbons (Fsp3) is 0.417. The molecule has 0 radical (unpaired) electrons. The fourth-order valence-electron chi connectivity index (χ4n) is 3.26.